The van der Waals surface area contributed by atoms with E-state index in [0.717, 1.165) is 0 Å². The van der Waals surface area contributed by atoms with Crippen molar-refractivity contribution in [1.29, 1.82) is 0 Å². The van der Waals surface area contributed by atoms with Crippen molar-refractivity contribution in [2.45, 2.75) is 76.4 Å². The Labute approximate surface area is 330 Å². The predicted octanol–water partition coefficient (Wildman–Crippen LogP) is 7.18. The molecule has 0 bridgehead atoms. The van der Waals surface area contributed by atoms with Crippen LogP contribution in [0.25, 0.3) is 17.6 Å². The molecule has 2 unspecified atom stereocenters. The van der Waals surface area contributed by atoms with Crippen LogP contribution in [0.3, 0.4) is 0 Å². The minimum absolute atomic E-state index is 0.0891. The van der Waals surface area contributed by atoms with Gasteiger partial charge >= 0.3 is 5.97 Å². The van der Waals surface area contributed by atoms with Gasteiger partial charge in [0.25, 0.3) is 0 Å². The molecule has 56 heavy (non-hydrogen) atoms. The van der Waals surface area contributed by atoms with Crippen LogP contribution in [0, 0.1) is 0 Å². The van der Waals surface area contributed by atoms with E-state index in [1.54, 1.807) is 67.4 Å². The molecule has 3 heterocycles. The van der Waals surface area contributed by atoms with Gasteiger partial charge in [0.15, 0.2) is 11.5 Å². The Hall–Kier alpha value is -5.57. The lowest BCUT2D eigenvalue weighted by atomic mass is 9.84. The smallest absolute Gasteiger partial charge is 0.342 e. The predicted molar refractivity (Wildman–Crippen MR) is 210 cm³/mol. The van der Waals surface area contributed by atoms with Gasteiger partial charge in [-0.3, -0.25) is 14.6 Å². The maximum Gasteiger partial charge on any atom is 0.342 e. The molecule has 0 saturated carbocycles. The zero-order valence-electron chi connectivity index (χ0n) is 32.2. The highest BCUT2D eigenvalue weighted by Gasteiger charge is 2.33. The molecule has 4 aromatic rings. The molecule has 15 heteroatoms. The molecule has 3 N–H and O–H groups in total. The Morgan fingerprint density at radius 3 is 2.48 bits per heavy atom. The molecule has 3 atom stereocenters. The number of Topliss-reactive ketones (excluding diaryl/α,β-unsaturated/α-hetero) is 1. The van der Waals surface area contributed by atoms with Crippen LogP contribution in [-0.2, 0) is 14.3 Å². The van der Waals surface area contributed by atoms with Crippen LogP contribution in [0.5, 0.6) is 28.7 Å². The molecule has 0 radical (unpaired) electrons. The number of pyridine rings is 1. The van der Waals surface area contributed by atoms with Crippen LogP contribution in [0.2, 0.25) is 0 Å². The average molecular weight is 789 g/mol. The van der Waals surface area contributed by atoms with Crippen LogP contribution >= 0.6 is 11.8 Å². The van der Waals surface area contributed by atoms with Gasteiger partial charge in [-0.15, -0.1) is 0 Å². The number of methoxy groups -OCH3 is 3. The van der Waals surface area contributed by atoms with Gasteiger partial charge in [0.1, 0.15) is 34.6 Å². The molecular formula is C41H48N4O10S. The van der Waals surface area contributed by atoms with E-state index in [0.29, 0.717) is 67.7 Å². The minimum Gasteiger partial charge on any atom is -0.507 e. The van der Waals surface area contributed by atoms with Gasteiger partial charge in [-0.05, 0) is 92.5 Å². The summed E-state index contributed by atoms with van der Waals surface area (Å²) in [7, 11) is 4.35. The van der Waals surface area contributed by atoms with Gasteiger partial charge in [-0.1, -0.05) is 23.4 Å². The number of ether oxygens (including phenoxy) is 4. The number of aromatic nitrogens is 3. The van der Waals surface area contributed by atoms with Crippen LogP contribution in [0.1, 0.15) is 103 Å². The number of aromatic hydroxyl groups is 2. The number of phenols is 2. The Balaban J connectivity index is 1.60. The second-order valence-corrected chi connectivity index (χ2v) is 14.3. The van der Waals surface area contributed by atoms with Crippen molar-refractivity contribution >= 4 is 35.5 Å². The van der Waals surface area contributed by atoms with E-state index in [1.807, 2.05) is 6.26 Å². The zero-order chi connectivity index (χ0) is 40.2. The van der Waals surface area contributed by atoms with E-state index in [1.165, 1.54) is 27.4 Å². The first-order chi connectivity index (χ1) is 27.1. The average Bonchev–Trinajstić information content (AvgIpc) is 3.68. The molecule has 1 aliphatic heterocycles. The van der Waals surface area contributed by atoms with Crippen molar-refractivity contribution in [3.8, 4) is 40.3 Å². The molecule has 0 aliphatic carbocycles. The number of fused-ring (bicyclic) bond motifs is 1. The van der Waals surface area contributed by atoms with Gasteiger partial charge < -0.3 is 39.0 Å². The summed E-state index contributed by atoms with van der Waals surface area (Å²) < 4.78 is 28.2. The Bertz CT molecular complexity index is 1990. The summed E-state index contributed by atoms with van der Waals surface area (Å²) in [6.45, 7) is 1.72. The van der Waals surface area contributed by atoms with Gasteiger partial charge in [0.2, 0.25) is 23.4 Å². The lowest BCUT2D eigenvalue weighted by molar-refractivity contribution is -0.122. The topological polar surface area (TPSA) is 192 Å². The third kappa shape index (κ3) is 10.2. The number of carbonyl (C=O) groups is 3. The molecule has 0 fully saturated rings. The number of rotatable bonds is 13. The number of cyclic esters (lactones) is 1. The summed E-state index contributed by atoms with van der Waals surface area (Å²) in [5.41, 5.74) is 0.867. The van der Waals surface area contributed by atoms with Gasteiger partial charge in [-0.25, -0.2) is 4.79 Å². The van der Waals surface area contributed by atoms with Crippen molar-refractivity contribution in [3.05, 3.63) is 76.8 Å². The summed E-state index contributed by atoms with van der Waals surface area (Å²) >= 11 is 1.58. The van der Waals surface area contributed by atoms with Crippen LogP contribution < -0.4 is 19.5 Å². The quantitative estimate of drug-likeness (QED) is 0.115. The van der Waals surface area contributed by atoms with Crippen molar-refractivity contribution in [1.82, 2.24) is 20.4 Å². The number of ketones is 1. The first kappa shape index (κ1) is 41.6. The number of amides is 1. The second kappa shape index (κ2) is 19.8. The molecule has 1 amide bonds. The van der Waals surface area contributed by atoms with Crippen LogP contribution in [-0.4, -0.2) is 82.4 Å². The Morgan fingerprint density at radius 1 is 1.05 bits per heavy atom. The van der Waals surface area contributed by atoms with Crippen molar-refractivity contribution < 1.29 is 48.1 Å². The summed E-state index contributed by atoms with van der Waals surface area (Å²) in [4.78, 5) is 49.2. The third-order valence-corrected chi connectivity index (χ3v) is 10.1. The highest BCUT2D eigenvalue weighted by Crippen LogP contribution is 2.48. The summed E-state index contributed by atoms with van der Waals surface area (Å²) in [6.07, 6.45) is 9.47. The number of allylic oxidation sites excluding steroid dienone is 1. The second-order valence-electron chi connectivity index (χ2n) is 13.4. The molecule has 2 aromatic heterocycles. The number of nitrogens with zero attached hydrogens (tertiary/aromatic N) is 3. The number of esters is 1. The van der Waals surface area contributed by atoms with Gasteiger partial charge in [0, 0.05) is 36.9 Å². The maximum atomic E-state index is 14.2. The number of phenolic OH excluding ortho intramolecular Hbond substituents is 2. The van der Waals surface area contributed by atoms with Crippen LogP contribution in [0.4, 0.5) is 0 Å². The van der Waals surface area contributed by atoms with Crippen LogP contribution in [0.15, 0.2) is 53.2 Å². The van der Waals surface area contributed by atoms with E-state index in [2.05, 4.69) is 20.4 Å². The van der Waals surface area contributed by atoms with E-state index in [-0.39, 0.29) is 57.9 Å². The molecule has 2 aromatic carbocycles. The molecule has 14 nitrogen and oxygen atoms in total. The summed E-state index contributed by atoms with van der Waals surface area (Å²) in [5.74, 6) is -1.22. The number of hydrogen-bond acceptors (Lipinski definition) is 14. The zero-order valence-corrected chi connectivity index (χ0v) is 33.0. The number of benzene rings is 2. The van der Waals surface area contributed by atoms with E-state index in [4.69, 9.17) is 23.5 Å². The molecule has 5 rings (SSSR count). The lowest BCUT2D eigenvalue weighted by Crippen LogP contribution is -2.30. The number of carbonyl (C=O) groups excluding carboxylic acids is 3. The van der Waals surface area contributed by atoms with Crippen molar-refractivity contribution in [2.75, 3.05) is 33.3 Å². The fourth-order valence-electron chi connectivity index (χ4n) is 6.62. The Morgan fingerprint density at radius 2 is 1.80 bits per heavy atom. The fourth-order valence-corrected chi connectivity index (χ4v) is 7.09. The summed E-state index contributed by atoms with van der Waals surface area (Å²) in [5, 5.41) is 30.9. The third-order valence-electron chi connectivity index (χ3n) is 9.46. The number of nitrogens with one attached hydrogen (secondary N) is 1. The van der Waals surface area contributed by atoms with Crippen molar-refractivity contribution in [3.63, 3.8) is 0 Å². The minimum atomic E-state index is -1.07. The molecular weight excluding hydrogens is 741 g/mol. The highest BCUT2D eigenvalue weighted by atomic mass is 32.2. The molecule has 0 spiro atoms. The van der Waals surface area contributed by atoms with Gasteiger partial charge in [0.05, 0.1) is 27.4 Å². The first-order valence-corrected chi connectivity index (χ1v) is 19.8. The van der Waals surface area contributed by atoms with E-state index >= 15 is 0 Å². The van der Waals surface area contributed by atoms with Gasteiger partial charge in [-0.2, -0.15) is 16.7 Å². The fraction of sp³-hybridized carbons (Fsp3) is 0.415. The molecule has 0 saturated heterocycles. The maximum absolute atomic E-state index is 14.2. The van der Waals surface area contributed by atoms with E-state index < -0.39 is 35.7 Å². The number of thioether (sulfide) groups is 1. The standard InChI is InChI=1S/C41H48N4O10S/c1-24-12-11-15-27(46)14-8-6-7-13-25-20-31(47)36(37(49)35(25)41(50)54-24)28(26-21-32(51-2)38(53-4)33(22-26)52-3)23-34(48)43-30(17-19-56-5)40-44-39(45-55-40)29-16-9-10-18-42-29/h7,9-10,13,16,18,20-22,24,28,30,47,49H,6,8,11-12,14-15,17,19,23H2,1-5H3,(H,43,48)/b13-7+/t24-,28?,30?/m0/s1. The lowest BCUT2D eigenvalue weighted by Gasteiger charge is -2.25. The molecule has 298 valence electrons. The largest absolute Gasteiger partial charge is 0.507 e. The Kier molecular flexibility index (Phi) is 14.7. The summed E-state index contributed by atoms with van der Waals surface area (Å²) in [6, 6.07) is 9.24. The monoisotopic (exact) mass is 788 g/mol. The normalized spacial score (nSPS) is 16.8. The first-order valence-electron chi connectivity index (χ1n) is 18.4. The highest BCUT2D eigenvalue weighted by molar-refractivity contribution is 7.98. The SMILES string of the molecule is COc1cc(C(CC(=O)NC(CCSC)c2nc(-c3ccccn3)no2)c2c(O)cc3c(c2O)C(=O)O[C@@H](C)CCCC(=O)CCC/C=C/3)cc(OC)c1OC. The molecule has 1 aliphatic rings. The number of hydrogen-bond donors (Lipinski definition) is 3. The van der Waals surface area contributed by atoms with E-state index in [9.17, 15) is 24.6 Å². The van der Waals surface area contributed by atoms with Crippen molar-refractivity contribution in [2.24, 2.45) is 0 Å².